The third-order valence-corrected chi connectivity index (χ3v) is 7.20. The highest BCUT2D eigenvalue weighted by atomic mass is 32.2. The van der Waals surface area contributed by atoms with Crippen molar-refractivity contribution in [2.45, 2.75) is 22.6 Å². The number of amides is 2. The summed E-state index contributed by atoms with van der Waals surface area (Å²) in [6.45, 7) is 0. The first kappa shape index (κ1) is 29.0. The van der Waals surface area contributed by atoms with Crippen LogP contribution >= 0.6 is 23.5 Å². The summed E-state index contributed by atoms with van der Waals surface area (Å²) in [7, 11) is 0. The van der Waals surface area contributed by atoms with Gasteiger partial charge in [-0.15, -0.1) is 28.4 Å². The molecule has 3 rings (SSSR count). The highest BCUT2D eigenvalue weighted by Crippen LogP contribution is 2.38. The van der Waals surface area contributed by atoms with Gasteiger partial charge >= 0.3 is 0 Å². The zero-order valence-corrected chi connectivity index (χ0v) is 22.2. The second-order valence-electron chi connectivity index (χ2n) is 7.86. The van der Waals surface area contributed by atoms with E-state index >= 15 is 0 Å². The number of phenols is 1. The smallest absolute Gasteiger partial charge is 0.255 e. The maximum absolute atomic E-state index is 12.9. The van der Waals surface area contributed by atoms with Crippen molar-refractivity contribution in [3.05, 3.63) is 82.8 Å². The van der Waals surface area contributed by atoms with Gasteiger partial charge in [0.15, 0.2) is 0 Å². The largest absolute Gasteiger partial charge is 0.508 e. The molecule has 2 amide bonds. The number of nitroso groups, excluding NO2 is 1. The number of thioether (sulfide) groups is 2. The van der Waals surface area contributed by atoms with E-state index < -0.39 is 5.91 Å². The first-order valence-corrected chi connectivity index (χ1v) is 13.6. The summed E-state index contributed by atoms with van der Waals surface area (Å²) in [5.74, 6) is 0.195. The molecule has 39 heavy (non-hydrogen) atoms. The molecule has 0 unspecified atom stereocenters. The summed E-state index contributed by atoms with van der Waals surface area (Å²) in [6.07, 6.45) is 3.53. The van der Waals surface area contributed by atoms with Gasteiger partial charge in [0.1, 0.15) is 11.4 Å². The van der Waals surface area contributed by atoms with Crippen LogP contribution in [-0.2, 0) is 4.79 Å². The molecule has 11 heteroatoms. The van der Waals surface area contributed by atoms with Gasteiger partial charge in [-0.2, -0.15) is 10.5 Å². The molecule has 0 atom stereocenters. The van der Waals surface area contributed by atoms with Gasteiger partial charge in [0, 0.05) is 45.8 Å². The summed E-state index contributed by atoms with van der Waals surface area (Å²) < 4.78 is 0. The minimum Gasteiger partial charge on any atom is -0.508 e. The average Bonchev–Trinajstić information content (AvgIpc) is 2.94. The summed E-state index contributed by atoms with van der Waals surface area (Å²) in [4.78, 5) is 37.6. The van der Waals surface area contributed by atoms with Crippen LogP contribution in [0.1, 0.15) is 28.8 Å². The second kappa shape index (κ2) is 15.0. The van der Waals surface area contributed by atoms with Crippen LogP contribution in [0, 0.1) is 27.6 Å². The van der Waals surface area contributed by atoms with E-state index in [2.05, 4.69) is 27.9 Å². The number of hydrogen-bond acceptors (Lipinski definition) is 9. The van der Waals surface area contributed by atoms with Crippen molar-refractivity contribution in [2.24, 2.45) is 5.18 Å². The Bertz CT molecular complexity index is 1440. The summed E-state index contributed by atoms with van der Waals surface area (Å²) >= 11 is 2.72. The molecule has 3 aromatic carbocycles. The number of aromatic hydroxyl groups is 1. The number of hydrogen-bond donors (Lipinski definition) is 3. The van der Waals surface area contributed by atoms with Crippen molar-refractivity contribution in [3.63, 3.8) is 0 Å². The van der Waals surface area contributed by atoms with Crippen LogP contribution in [0.5, 0.6) is 5.75 Å². The molecule has 0 heterocycles. The number of phenolic OH excluding ortho intramolecular Hbond substituents is 1. The molecule has 0 aliphatic heterocycles. The molecule has 0 spiro atoms. The van der Waals surface area contributed by atoms with E-state index in [9.17, 15) is 19.6 Å². The lowest BCUT2D eigenvalue weighted by Crippen LogP contribution is -2.14. The van der Waals surface area contributed by atoms with Crippen molar-refractivity contribution >= 4 is 58.5 Å². The minimum atomic E-state index is -0.399. The number of carbonyl (C=O) groups excluding carboxylic acids is 2. The minimum absolute atomic E-state index is 0.0413. The summed E-state index contributed by atoms with van der Waals surface area (Å²) in [6, 6.07) is 19.9. The monoisotopic (exact) mass is 557 g/mol. The number of nitriles is 2. The highest BCUT2D eigenvalue weighted by Gasteiger charge is 2.16. The number of benzene rings is 3. The normalized spacial score (nSPS) is 10.4. The Morgan fingerprint density at radius 3 is 1.97 bits per heavy atom. The van der Waals surface area contributed by atoms with E-state index in [4.69, 9.17) is 10.5 Å². The molecule has 0 bridgehead atoms. The van der Waals surface area contributed by atoms with Gasteiger partial charge in [0.05, 0.1) is 23.5 Å². The molecule has 0 aromatic heterocycles. The van der Waals surface area contributed by atoms with Crippen LogP contribution in [0.3, 0.4) is 0 Å². The van der Waals surface area contributed by atoms with Gasteiger partial charge in [-0.05, 0) is 65.3 Å². The van der Waals surface area contributed by atoms with Gasteiger partial charge in [0.25, 0.3) is 5.91 Å². The summed E-state index contributed by atoms with van der Waals surface area (Å²) in [5.41, 5.74) is 2.33. The molecule has 0 saturated carbocycles. The van der Waals surface area contributed by atoms with Crippen LogP contribution in [0.2, 0.25) is 0 Å². The Balaban J connectivity index is 1.90. The third-order valence-electron chi connectivity index (χ3n) is 5.09. The number of nitrogens with one attached hydrogen (secondary N) is 2. The van der Waals surface area contributed by atoms with Crippen LogP contribution < -0.4 is 10.6 Å². The maximum atomic E-state index is 12.9. The second-order valence-corrected chi connectivity index (χ2v) is 10.1. The molecule has 3 aromatic rings. The standard InChI is InChI=1S/C28H23N5O4S2/c29-13-1-15-38-25-18-24(32-28(36)20-6-10-22(34)11-7-20)26(39-16-2-14-30)17-23(25)31-27(35)12-5-19-3-8-21(33-37)9-4-19/h3-12,17-18,34H,1-2,15-16H2,(H,31,35)(H,32,36)/b12-5+. The number of nitrogens with zero attached hydrogens (tertiary/aromatic N) is 3. The fourth-order valence-corrected chi connectivity index (χ4v) is 4.97. The third kappa shape index (κ3) is 9.04. The lowest BCUT2D eigenvalue weighted by atomic mass is 10.2. The Hall–Kier alpha value is -4.58. The van der Waals surface area contributed by atoms with E-state index in [1.165, 1.54) is 53.9 Å². The predicted octanol–water partition coefficient (Wildman–Crippen LogP) is 6.71. The fourth-order valence-electron chi connectivity index (χ4n) is 3.21. The van der Waals surface area contributed by atoms with Gasteiger partial charge in [-0.3, -0.25) is 9.59 Å². The molecule has 0 aliphatic carbocycles. The van der Waals surface area contributed by atoms with Crippen molar-refractivity contribution in [1.82, 2.24) is 0 Å². The quantitative estimate of drug-likeness (QED) is 0.0960. The van der Waals surface area contributed by atoms with Crippen LogP contribution in [0.4, 0.5) is 17.1 Å². The van der Waals surface area contributed by atoms with E-state index in [0.717, 1.165) is 0 Å². The average molecular weight is 558 g/mol. The van der Waals surface area contributed by atoms with Gasteiger partial charge < -0.3 is 15.7 Å². The SMILES string of the molecule is N#CCCSc1cc(NC(=O)c2ccc(O)cc2)c(SCCC#N)cc1NC(=O)/C=C/c1ccc(N=O)cc1. The number of rotatable bonds is 12. The highest BCUT2D eigenvalue weighted by molar-refractivity contribution is 8.00. The van der Waals surface area contributed by atoms with Gasteiger partial charge in [-0.25, -0.2) is 0 Å². The lowest BCUT2D eigenvalue weighted by Gasteiger charge is -2.17. The van der Waals surface area contributed by atoms with Crippen LogP contribution in [-0.4, -0.2) is 28.4 Å². The molecule has 0 saturated heterocycles. The fraction of sp³-hybridized carbons (Fsp3) is 0.143. The van der Waals surface area contributed by atoms with Crippen molar-refractivity contribution in [1.29, 1.82) is 10.5 Å². The van der Waals surface area contributed by atoms with Gasteiger partial charge in [0.2, 0.25) is 5.91 Å². The van der Waals surface area contributed by atoms with E-state index in [1.54, 1.807) is 42.5 Å². The van der Waals surface area contributed by atoms with Crippen LogP contribution in [0.15, 0.2) is 81.7 Å². The Kier molecular flexibility index (Phi) is 11.1. The van der Waals surface area contributed by atoms with Crippen molar-refractivity contribution in [2.75, 3.05) is 22.1 Å². The predicted molar refractivity (Wildman–Crippen MR) is 154 cm³/mol. The molecular weight excluding hydrogens is 534 g/mol. The molecule has 3 N–H and O–H groups in total. The molecular formula is C28H23N5O4S2. The number of anilines is 2. The first-order valence-electron chi connectivity index (χ1n) is 11.6. The number of carbonyl (C=O) groups is 2. The van der Waals surface area contributed by atoms with E-state index in [0.29, 0.717) is 43.8 Å². The maximum Gasteiger partial charge on any atom is 0.255 e. The first-order chi connectivity index (χ1) is 18.9. The Morgan fingerprint density at radius 1 is 0.872 bits per heavy atom. The molecule has 0 aliphatic rings. The van der Waals surface area contributed by atoms with E-state index in [-0.39, 0.29) is 30.2 Å². The zero-order valence-electron chi connectivity index (χ0n) is 20.6. The lowest BCUT2D eigenvalue weighted by molar-refractivity contribution is -0.111. The zero-order chi connectivity index (χ0) is 28.0. The Morgan fingerprint density at radius 2 is 1.44 bits per heavy atom. The topological polar surface area (TPSA) is 155 Å². The molecule has 196 valence electrons. The van der Waals surface area contributed by atoms with Crippen molar-refractivity contribution in [3.8, 4) is 17.9 Å². The molecule has 0 radical (unpaired) electrons. The Labute approximate surface area is 233 Å². The molecule has 0 fully saturated rings. The van der Waals surface area contributed by atoms with Crippen molar-refractivity contribution < 1.29 is 14.7 Å². The molecule has 9 nitrogen and oxygen atoms in total. The van der Waals surface area contributed by atoms with Crippen LogP contribution in [0.25, 0.3) is 6.08 Å². The van der Waals surface area contributed by atoms with E-state index in [1.807, 2.05) is 0 Å². The van der Waals surface area contributed by atoms with Gasteiger partial charge in [-0.1, -0.05) is 12.1 Å². The summed E-state index contributed by atoms with van der Waals surface area (Å²) in [5, 5.41) is 36.1.